The third-order valence-electron chi connectivity index (χ3n) is 4.68. The second-order valence-electron chi connectivity index (χ2n) is 6.19. The van der Waals surface area contributed by atoms with Gasteiger partial charge in [0.15, 0.2) is 0 Å². The highest BCUT2D eigenvalue weighted by molar-refractivity contribution is 5.20. The van der Waals surface area contributed by atoms with Gasteiger partial charge in [-0.2, -0.15) is 0 Å². The molecular formula is C19H25NO. The molecule has 1 aliphatic rings. The molecule has 2 heteroatoms. The van der Waals surface area contributed by atoms with Crippen molar-refractivity contribution in [2.45, 2.75) is 51.1 Å². The van der Waals surface area contributed by atoms with Gasteiger partial charge in [-0.3, -0.25) is 0 Å². The minimum atomic E-state index is 0.243. The van der Waals surface area contributed by atoms with E-state index < -0.39 is 0 Å². The van der Waals surface area contributed by atoms with Crippen LogP contribution in [0.1, 0.15) is 62.4 Å². The summed E-state index contributed by atoms with van der Waals surface area (Å²) in [6.45, 7) is 2.19. The predicted octanol–water partition coefficient (Wildman–Crippen LogP) is 5.25. The minimum Gasteiger partial charge on any atom is -0.468 e. The van der Waals surface area contributed by atoms with Crippen molar-refractivity contribution >= 4 is 0 Å². The fourth-order valence-electron chi connectivity index (χ4n) is 3.52. The zero-order chi connectivity index (χ0) is 14.5. The van der Waals surface area contributed by atoms with Crippen LogP contribution in [-0.4, -0.2) is 0 Å². The van der Waals surface area contributed by atoms with E-state index in [-0.39, 0.29) is 6.04 Å². The molecule has 3 rings (SSSR count). The van der Waals surface area contributed by atoms with Gasteiger partial charge in [0.2, 0.25) is 0 Å². The Morgan fingerprint density at radius 3 is 2.43 bits per heavy atom. The fraction of sp³-hybridized carbons (Fsp3) is 0.474. The van der Waals surface area contributed by atoms with Gasteiger partial charge < -0.3 is 9.73 Å². The zero-order valence-corrected chi connectivity index (χ0v) is 12.8. The van der Waals surface area contributed by atoms with Crippen molar-refractivity contribution in [3.63, 3.8) is 0 Å². The first-order valence-electron chi connectivity index (χ1n) is 8.19. The molecule has 1 heterocycles. The maximum absolute atomic E-state index is 5.56. The van der Waals surface area contributed by atoms with Gasteiger partial charge >= 0.3 is 0 Å². The van der Waals surface area contributed by atoms with Gasteiger partial charge in [0, 0.05) is 6.04 Å². The number of rotatable bonds is 5. The summed E-state index contributed by atoms with van der Waals surface area (Å²) in [4.78, 5) is 0. The van der Waals surface area contributed by atoms with Crippen molar-refractivity contribution in [2.75, 3.05) is 0 Å². The Labute approximate surface area is 127 Å². The Morgan fingerprint density at radius 1 is 1.00 bits per heavy atom. The van der Waals surface area contributed by atoms with E-state index in [0.29, 0.717) is 6.04 Å². The van der Waals surface area contributed by atoms with Crippen LogP contribution in [0, 0.1) is 5.92 Å². The molecule has 1 aliphatic carbocycles. The lowest BCUT2D eigenvalue weighted by atomic mass is 9.81. The van der Waals surface area contributed by atoms with Gasteiger partial charge in [-0.05, 0) is 43.4 Å². The van der Waals surface area contributed by atoms with Crippen LogP contribution in [0.3, 0.4) is 0 Å². The summed E-state index contributed by atoms with van der Waals surface area (Å²) >= 11 is 0. The molecule has 21 heavy (non-hydrogen) atoms. The first-order chi connectivity index (χ1) is 10.3. The summed E-state index contributed by atoms with van der Waals surface area (Å²) in [5.41, 5.74) is 1.41. The molecule has 1 fully saturated rings. The van der Waals surface area contributed by atoms with E-state index in [1.54, 1.807) is 6.26 Å². The van der Waals surface area contributed by atoms with Crippen LogP contribution in [0.2, 0.25) is 0 Å². The zero-order valence-electron chi connectivity index (χ0n) is 12.8. The van der Waals surface area contributed by atoms with E-state index in [4.69, 9.17) is 4.42 Å². The minimum absolute atomic E-state index is 0.243. The summed E-state index contributed by atoms with van der Waals surface area (Å²) in [7, 11) is 0. The summed E-state index contributed by atoms with van der Waals surface area (Å²) in [6.07, 6.45) is 8.54. The lowest BCUT2D eigenvalue weighted by Gasteiger charge is -2.33. The predicted molar refractivity (Wildman–Crippen MR) is 86.0 cm³/mol. The molecule has 1 N–H and O–H groups in total. The SMILES string of the molecule is CC(NC(c1ccccc1)C1CCCCC1)c1ccco1. The molecule has 0 radical (unpaired) electrons. The van der Waals surface area contributed by atoms with Crippen LogP contribution < -0.4 is 5.32 Å². The number of furan rings is 1. The van der Waals surface area contributed by atoms with Crippen molar-refractivity contribution in [1.29, 1.82) is 0 Å². The van der Waals surface area contributed by atoms with Crippen LogP contribution in [0.5, 0.6) is 0 Å². The molecule has 0 aliphatic heterocycles. The Kier molecular flexibility index (Phi) is 4.76. The van der Waals surface area contributed by atoms with Gasteiger partial charge in [0.25, 0.3) is 0 Å². The summed E-state index contributed by atoms with van der Waals surface area (Å²) < 4.78 is 5.56. The number of benzene rings is 1. The van der Waals surface area contributed by atoms with Crippen LogP contribution in [0.25, 0.3) is 0 Å². The number of hydrogen-bond acceptors (Lipinski definition) is 2. The van der Waals surface area contributed by atoms with Gasteiger partial charge in [0.1, 0.15) is 5.76 Å². The van der Waals surface area contributed by atoms with Crippen LogP contribution in [-0.2, 0) is 0 Å². The second kappa shape index (κ2) is 6.95. The Morgan fingerprint density at radius 2 is 1.76 bits per heavy atom. The molecule has 112 valence electrons. The van der Waals surface area contributed by atoms with Crippen molar-refractivity contribution in [3.8, 4) is 0 Å². The monoisotopic (exact) mass is 283 g/mol. The van der Waals surface area contributed by atoms with Gasteiger partial charge in [-0.1, -0.05) is 49.6 Å². The largest absolute Gasteiger partial charge is 0.468 e. The third kappa shape index (κ3) is 3.56. The summed E-state index contributed by atoms with van der Waals surface area (Å²) in [5.74, 6) is 1.75. The highest BCUT2D eigenvalue weighted by atomic mass is 16.3. The van der Waals surface area contributed by atoms with Gasteiger partial charge in [-0.15, -0.1) is 0 Å². The van der Waals surface area contributed by atoms with E-state index in [0.717, 1.165) is 11.7 Å². The molecule has 0 bridgehead atoms. The normalized spacial score (nSPS) is 19.3. The summed E-state index contributed by atoms with van der Waals surface area (Å²) in [5, 5.41) is 3.81. The molecule has 2 nitrogen and oxygen atoms in total. The van der Waals surface area contributed by atoms with E-state index in [1.165, 1.54) is 37.7 Å². The molecule has 2 unspecified atom stereocenters. The molecule has 1 aromatic carbocycles. The van der Waals surface area contributed by atoms with E-state index in [9.17, 15) is 0 Å². The molecule has 1 saturated carbocycles. The molecular weight excluding hydrogens is 258 g/mol. The van der Waals surface area contributed by atoms with Crippen LogP contribution in [0.4, 0.5) is 0 Å². The highest BCUT2D eigenvalue weighted by Crippen LogP contribution is 2.36. The fourth-order valence-corrected chi connectivity index (χ4v) is 3.52. The Balaban J connectivity index is 1.78. The quantitative estimate of drug-likeness (QED) is 0.810. The van der Waals surface area contributed by atoms with Crippen molar-refractivity contribution < 1.29 is 4.42 Å². The maximum Gasteiger partial charge on any atom is 0.120 e. The van der Waals surface area contributed by atoms with Crippen molar-refractivity contribution in [2.24, 2.45) is 5.92 Å². The standard InChI is InChI=1S/C19H25NO/c1-15(18-13-8-14-21-18)20-19(16-9-4-2-5-10-16)17-11-6-3-7-12-17/h2,4-5,8-10,13-15,17,19-20H,3,6-7,11-12H2,1H3. The lowest BCUT2D eigenvalue weighted by molar-refractivity contribution is 0.249. The first kappa shape index (κ1) is 14.4. The lowest BCUT2D eigenvalue weighted by Crippen LogP contribution is -2.31. The summed E-state index contributed by atoms with van der Waals surface area (Å²) in [6, 6.07) is 15.6. The van der Waals surface area contributed by atoms with Crippen LogP contribution >= 0.6 is 0 Å². The van der Waals surface area contributed by atoms with E-state index >= 15 is 0 Å². The Bertz CT molecular complexity index is 514. The smallest absolute Gasteiger partial charge is 0.120 e. The Hall–Kier alpha value is -1.54. The van der Waals surface area contributed by atoms with Crippen LogP contribution in [0.15, 0.2) is 53.1 Å². The molecule has 0 saturated heterocycles. The molecule has 2 aromatic rings. The topological polar surface area (TPSA) is 25.2 Å². The van der Waals surface area contributed by atoms with Crippen molar-refractivity contribution in [3.05, 3.63) is 60.1 Å². The number of hydrogen-bond donors (Lipinski definition) is 1. The average molecular weight is 283 g/mol. The molecule has 2 atom stereocenters. The van der Waals surface area contributed by atoms with Gasteiger partial charge in [-0.25, -0.2) is 0 Å². The van der Waals surface area contributed by atoms with Crippen molar-refractivity contribution in [1.82, 2.24) is 5.32 Å². The molecule has 1 aromatic heterocycles. The van der Waals surface area contributed by atoms with Gasteiger partial charge in [0.05, 0.1) is 12.3 Å². The maximum atomic E-state index is 5.56. The molecule has 0 amide bonds. The average Bonchev–Trinajstić information content (AvgIpc) is 3.09. The van der Waals surface area contributed by atoms with E-state index in [1.807, 2.05) is 6.07 Å². The third-order valence-corrected chi connectivity index (χ3v) is 4.68. The number of nitrogens with one attached hydrogen (secondary N) is 1. The highest BCUT2D eigenvalue weighted by Gasteiger charge is 2.26. The van der Waals surface area contributed by atoms with E-state index in [2.05, 4.69) is 48.6 Å². The second-order valence-corrected chi connectivity index (χ2v) is 6.19. The first-order valence-corrected chi connectivity index (χ1v) is 8.19. The molecule has 0 spiro atoms.